The molecule has 7 heteroatoms. The predicted molar refractivity (Wildman–Crippen MR) is 87.5 cm³/mol. The van der Waals surface area contributed by atoms with Crippen LogP contribution in [0.3, 0.4) is 0 Å². The Hall–Kier alpha value is -3.53. The van der Waals surface area contributed by atoms with Crippen LogP contribution in [0, 0.1) is 11.3 Å². The molecule has 3 rings (SSSR count). The smallest absolute Gasteiger partial charge is 0.338 e. The molecule has 25 heavy (non-hydrogen) atoms. The average molecular weight is 338 g/mol. The Balaban J connectivity index is 1.56. The number of rotatable bonds is 4. The van der Waals surface area contributed by atoms with E-state index in [1.54, 1.807) is 30.3 Å². The normalized spacial score (nSPS) is 12.0. The fraction of sp³-hybridized carbons (Fsp3) is 0.167. The Labute approximate surface area is 143 Å². The van der Waals surface area contributed by atoms with Gasteiger partial charge in [-0.15, -0.1) is 0 Å². The van der Waals surface area contributed by atoms with Crippen molar-refractivity contribution in [2.75, 3.05) is 25.1 Å². The predicted octanol–water partition coefficient (Wildman–Crippen LogP) is 2.12. The molecule has 0 saturated heterocycles. The number of carbonyl (C=O) groups is 2. The molecular weight excluding hydrogens is 324 g/mol. The van der Waals surface area contributed by atoms with E-state index in [-0.39, 0.29) is 5.56 Å². The van der Waals surface area contributed by atoms with Crippen molar-refractivity contribution in [1.29, 1.82) is 5.26 Å². The average Bonchev–Trinajstić information content (AvgIpc) is 2.66. The molecule has 1 heterocycles. The van der Waals surface area contributed by atoms with Gasteiger partial charge in [-0.05, 0) is 30.3 Å². The zero-order valence-corrected chi connectivity index (χ0v) is 13.2. The molecule has 0 bridgehead atoms. The minimum atomic E-state index is -0.672. The van der Waals surface area contributed by atoms with E-state index >= 15 is 0 Å². The number of fused-ring (bicyclic) bond motifs is 1. The van der Waals surface area contributed by atoms with E-state index in [4.69, 9.17) is 19.5 Å². The van der Waals surface area contributed by atoms with Gasteiger partial charge in [-0.3, -0.25) is 4.79 Å². The summed E-state index contributed by atoms with van der Waals surface area (Å²) in [4.78, 5) is 23.8. The van der Waals surface area contributed by atoms with Crippen LogP contribution in [0.15, 0.2) is 42.5 Å². The van der Waals surface area contributed by atoms with Gasteiger partial charge in [-0.1, -0.05) is 6.07 Å². The molecule has 0 spiro atoms. The van der Waals surface area contributed by atoms with Crippen molar-refractivity contribution in [2.45, 2.75) is 0 Å². The number of benzene rings is 2. The molecule has 0 radical (unpaired) electrons. The Bertz CT molecular complexity index is 857. The summed E-state index contributed by atoms with van der Waals surface area (Å²) in [5, 5.41) is 11.4. The van der Waals surface area contributed by atoms with Gasteiger partial charge in [0.2, 0.25) is 0 Å². The molecule has 0 saturated carbocycles. The summed E-state index contributed by atoms with van der Waals surface area (Å²) in [5.74, 6) is 0.0123. The lowest BCUT2D eigenvalue weighted by Gasteiger charge is -2.19. The van der Waals surface area contributed by atoms with Gasteiger partial charge < -0.3 is 19.5 Å². The molecule has 1 N–H and O–H groups in total. The fourth-order valence-corrected chi connectivity index (χ4v) is 2.25. The molecule has 0 unspecified atom stereocenters. The lowest BCUT2D eigenvalue weighted by atomic mass is 10.1. The van der Waals surface area contributed by atoms with E-state index in [1.807, 2.05) is 6.07 Å². The first-order valence-corrected chi connectivity index (χ1v) is 7.52. The lowest BCUT2D eigenvalue weighted by molar-refractivity contribution is -0.119. The maximum Gasteiger partial charge on any atom is 0.338 e. The van der Waals surface area contributed by atoms with Crippen LogP contribution in [0.4, 0.5) is 5.69 Å². The number of nitriles is 1. The second-order valence-corrected chi connectivity index (χ2v) is 5.18. The summed E-state index contributed by atoms with van der Waals surface area (Å²) in [7, 11) is 0. The molecule has 126 valence electrons. The first-order valence-electron chi connectivity index (χ1n) is 7.52. The molecule has 1 aliphatic rings. The minimum Gasteiger partial charge on any atom is -0.486 e. The Kier molecular flexibility index (Phi) is 4.81. The lowest BCUT2D eigenvalue weighted by Crippen LogP contribution is -2.21. The van der Waals surface area contributed by atoms with Crippen LogP contribution >= 0.6 is 0 Å². The van der Waals surface area contributed by atoms with Crippen LogP contribution < -0.4 is 14.8 Å². The number of amides is 1. The molecule has 0 atom stereocenters. The highest BCUT2D eigenvalue weighted by atomic mass is 16.6. The molecule has 2 aromatic rings. The van der Waals surface area contributed by atoms with Gasteiger partial charge in [0.1, 0.15) is 13.2 Å². The van der Waals surface area contributed by atoms with E-state index in [1.165, 1.54) is 12.1 Å². The third kappa shape index (κ3) is 4.06. The van der Waals surface area contributed by atoms with Crippen LogP contribution in [-0.4, -0.2) is 31.7 Å². The largest absolute Gasteiger partial charge is 0.486 e. The van der Waals surface area contributed by atoms with Gasteiger partial charge in [-0.25, -0.2) is 4.79 Å². The van der Waals surface area contributed by atoms with E-state index < -0.39 is 18.5 Å². The van der Waals surface area contributed by atoms with Crippen LogP contribution in [0.2, 0.25) is 0 Å². The van der Waals surface area contributed by atoms with Crippen molar-refractivity contribution >= 4 is 17.6 Å². The molecule has 1 aliphatic heterocycles. The van der Waals surface area contributed by atoms with E-state index in [0.29, 0.717) is 36.0 Å². The van der Waals surface area contributed by atoms with Crippen LogP contribution in [0.5, 0.6) is 11.5 Å². The molecule has 2 aromatic carbocycles. The van der Waals surface area contributed by atoms with Crippen molar-refractivity contribution in [3.63, 3.8) is 0 Å². The number of carbonyl (C=O) groups excluding carboxylic acids is 2. The van der Waals surface area contributed by atoms with E-state index in [2.05, 4.69) is 5.32 Å². The number of esters is 1. The molecule has 0 aliphatic carbocycles. The maximum absolute atomic E-state index is 11.9. The maximum atomic E-state index is 11.9. The molecule has 0 fully saturated rings. The minimum absolute atomic E-state index is 0.214. The molecule has 7 nitrogen and oxygen atoms in total. The third-order valence-corrected chi connectivity index (χ3v) is 3.39. The Morgan fingerprint density at radius 3 is 2.72 bits per heavy atom. The van der Waals surface area contributed by atoms with Gasteiger partial charge in [0.05, 0.1) is 17.2 Å². The fourth-order valence-electron chi connectivity index (χ4n) is 2.25. The monoisotopic (exact) mass is 338 g/mol. The number of hydrogen-bond acceptors (Lipinski definition) is 6. The summed E-state index contributed by atoms with van der Waals surface area (Å²) in [6, 6.07) is 13.0. The summed E-state index contributed by atoms with van der Waals surface area (Å²) < 4.78 is 15.8. The van der Waals surface area contributed by atoms with Crippen molar-refractivity contribution in [3.05, 3.63) is 53.6 Å². The highest BCUT2D eigenvalue weighted by Crippen LogP contribution is 2.32. The van der Waals surface area contributed by atoms with Crippen molar-refractivity contribution in [2.24, 2.45) is 0 Å². The number of anilines is 1. The zero-order chi connectivity index (χ0) is 17.6. The topological polar surface area (TPSA) is 97.7 Å². The molecule has 0 aromatic heterocycles. The van der Waals surface area contributed by atoms with Crippen LogP contribution in [0.25, 0.3) is 0 Å². The van der Waals surface area contributed by atoms with Gasteiger partial charge >= 0.3 is 5.97 Å². The Morgan fingerprint density at radius 2 is 1.92 bits per heavy atom. The highest BCUT2D eigenvalue weighted by molar-refractivity contribution is 5.95. The Morgan fingerprint density at radius 1 is 1.12 bits per heavy atom. The molecule has 1 amide bonds. The second-order valence-electron chi connectivity index (χ2n) is 5.18. The quantitative estimate of drug-likeness (QED) is 0.858. The van der Waals surface area contributed by atoms with E-state index in [9.17, 15) is 9.59 Å². The van der Waals surface area contributed by atoms with Crippen molar-refractivity contribution in [3.8, 4) is 17.6 Å². The number of ether oxygens (including phenoxy) is 3. The first kappa shape index (κ1) is 16.3. The number of hydrogen-bond donors (Lipinski definition) is 1. The van der Waals surface area contributed by atoms with Crippen molar-refractivity contribution in [1.82, 2.24) is 0 Å². The van der Waals surface area contributed by atoms with Gasteiger partial charge in [0, 0.05) is 11.8 Å². The van der Waals surface area contributed by atoms with Gasteiger partial charge in [-0.2, -0.15) is 5.26 Å². The van der Waals surface area contributed by atoms with Crippen LogP contribution in [0.1, 0.15) is 15.9 Å². The number of nitrogens with one attached hydrogen (secondary N) is 1. The molecular formula is C18H14N2O5. The summed E-state index contributed by atoms with van der Waals surface area (Å²) >= 11 is 0. The first-order chi connectivity index (χ1) is 12.2. The summed E-state index contributed by atoms with van der Waals surface area (Å²) in [6.07, 6.45) is 0. The highest BCUT2D eigenvalue weighted by Gasteiger charge is 2.14. The summed E-state index contributed by atoms with van der Waals surface area (Å²) in [6.45, 7) is 0.496. The zero-order valence-electron chi connectivity index (χ0n) is 13.2. The number of nitrogens with zero attached hydrogens (tertiary/aromatic N) is 1. The standard InChI is InChI=1S/C18H14N2O5/c19-10-12-2-1-3-13(8-12)18(22)25-11-17(21)20-14-4-5-15-16(9-14)24-7-6-23-15/h1-5,8-9H,6-7,11H2,(H,20,21). The van der Waals surface area contributed by atoms with Gasteiger partial charge in [0.25, 0.3) is 5.91 Å². The second kappa shape index (κ2) is 7.36. The van der Waals surface area contributed by atoms with E-state index in [0.717, 1.165) is 0 Å². The summed E-state index contributed by atoms with van der Waals surface area (Å²) in [5.41, 5.74) is 1.07. The van der Waals surface area contributed by atoms with Crippen molar-refractivity contribution < 1.29 is 23.8 Å². The van der Waals surface area contributed by atoms with Crippen LogP contribution in [-0.2, 0) is 9.53 Å². The van der Waals surface area contributed by atoms with Gasteiger partial charge in [0.15, 0.2) is 18.1 Å². The SMILES string of the molecule is N#Cc1cccc(C(=O)OCC(=O)Nc2ccc3c(c2)OCCO3)c1. The third-order valence-electron chi connectivity index (χ3n) is 3.39.